The van der Waals surface area contributed by atoms with Crippen molar-refractivity contribution < 1.29 is 13.2 Å². The molecule has 3 atom stereocenters. The molecule has 0 spiro atoms. The molecule has 0 bridgehead atoms. The second-order valence-electron chi connectivity index (χ2n) is 9.13. The molecule has 2 fully saturated rings. The summed E-state index contributed by atoms with van der Waals surface area (Å²) in [5.74, 6) is 0.555. The zero-order valence-electron chi connectivity index (χ0n) is 15.1. The van der Waals surface area contributed by atoms with Crippen molar-refractivity contribution in [3.05, 3.63) is 11.8 Å². The maximum absolute atomic E-state index is 13.7. The molecule has 0 aromatic carbocycles. The SMILES string of the molecule is CC(C)(C)C1CCC2C(C=C(C(F)(F)F)N2C2CCC(N)CC2)C1. The summed E-state index contributed by atoms with van der Waals surface area (Å²) < 4.78 is 41.0. The highest BCUT2D eigenvalue weighted by Gasteiger charge is 2.51. The van der Waals surface area contributed by atoms with E-state index < -0.39 is 6.18 Å². The van der Waals surface area contributed by atoms with E-state index in [0.717, 1.165) is 44.9 Å². The van der Waals surface area contributed by atoms with E-state index in [4.69, 9.17) is 5.73 Å². The minimum atomic E-state index is -4.24. The molecule has 24 heavy (non-hydrogen) atoms. The number of allylic oxidation sites excluding steroid dienone is 1. The Labute approximate surface area is 143 Å². The van der Waals surface area contributed by atoms with Crippen LogP contribution in [-0.2, 0) is 0 Å². The number of nitrogens with two attached hydrogens (primary N) is 1. The summed E-state index contributed by atoms with van der Waals surface area (Å²) in [7, 11) is 0. The quantitative estimate of drug-likeness (QED) is 0.737. The number of nitrogens with zero attached hydrogens (tertiary/aromatic N) is 1. The van der Waals surface area contributed by atoms with E-state index >= 15 is 0 Å². The third-order valence-electron chi connectivity index (χ3n) is 6.52. The van der Waals surface area contributed by atoms with Crippen LogP contribution < -0.4 is 5.73 Å². The van der Waals surface area contributed by atoms with Gasteiger partial charge in [-0.1, -0.05) is 26.8 Å². The zero-order valence-corrected chi connectivity index (χ0v) is 15.1. The fourth-order valence-corrected chi connectivity index (χ4v) is 5.06. The molecule has 0 aromatic rings. The van der Waals surface area contributed by atoms with Crippen LogP contribution in [0.1, 0.15) is 65.7 Å². The van der Waals surface area contributed by atoms with Gasteiger partial charge in [0.2, 0.25) is 0 Å². The maximum Gasteiger partial charge on any atom is 0.430 e. The van der Waals surface area contributed by atoms with E-state index in [2.05, 4.69) is 20.8 Å². The molecule has 0 amide bonds. The Hall–Kier alpha value is -0.710. The Morgan fingerprint density at radius 3 is 2.17 bits per heavy atom. The van der Waals surface area contributed by atoms with Gasteiger partial charge in [0.05, 0.1) is 0 Å². The van der Waals surface area contributed by atoms with E-state index in [1.165, 1.54) is 0 Å². The van der Waals surface area contributed by atoms with Gasteiger partial charge >= 0.3 is 6.18 Å². The Balaban J connectivity index is 1.82. The summed E-state index contributed by atoms with van der Waals surface area (Å²) >= 11 is 0. The number of fused-ring (bicyclic) bond motifs is 1. The lowest BCUT2D eigenvalue weighted by Gasteiger charge is -2.46. The van der Waals surface area contributed by atoms with Crippen molar-refractivity contribution in [2.24, 2.45) is 23.0 Å². The van der Waals surface area contributed by atoms with Crippen molar-refractivity contribution in [2.75, 3.05) is 0 Å². The molecule has 1 heterocycles. The normalized spacial score (nSPS) is 38.0. The van der Waals surface area contributed by atoms with Crippen LogP contribution in [0, 0.1) is 17.3 Å². The Kier molecular flexibility index (Phi) is 4.69. The molecule has 2 N–H and O–H groups in total. The van der Waals surface area contributed by atoms with Crippen LogP contribution in [0.5, 0.6) is 0 Å². The number of rotatable bonds is 1. The van der Waals surface area contributed by atoms with Gasteiger partial charge in [0.25, 0.3) is 0 Å². The maximum atomic E-state index is 13.7. The van der Waals surface area contributed by atoms with Crippen LogP contribution in [0.15, 0.2) is 11.8 Å². The first-order valence-electron chi connectivity index (χ1n) is 9.40. The molecule has 2 nitrogen and oxygen atoms in total. The molecule has 0 saturated heterocycles. The molecule has 138 valence electrons. The molecule has 1 aliphatic heterocycles. The lowest BCUT2D eigenvalue weighted by molar-refractivity contribution is -0.119. The summed E-state index contributed by atoms with van der Waals surface area (Å²) in [5.41, 5.74) is 5.76. The topological polar surface area (TPSA) is 29.3 Å². The van der Waals surface area contributed by atoms with Crippen LogP contribution in [0.2, 0.25) is 0 Å². The van der Waals surface area contributed by atoms with Crippen LogP contribution in [0.4, 0.5) is 13.2 Å². The summed E-state index contributed by atoms with van der Waals surface area (Å²) in [5, 5.41) is 0. The third kappa shape index (κ3) is 3.47. The first-order valence-corrected chi connectivity index (χ1v) is 9.40. The smallest absolute Gasteiger partial charge is 0.361 e. The Morgan fingerprint density at radius 2 is 1.62 bits per heavy atom. The molecular formula is C19H31F3N2. The highest BCUT2D eigenvalue weighted by molar-refractivity contribution is 5.22. The Morgan fingerprint density at radius 1 is 1.00 bits per heavy atom. The van der Waals surface area contributed by atoms with Crippen LogP contribution in [0.25, 0.3) is 0 Å². The van der Waals surface area contributed by atoms with Crippen molar-refractivity contribution in [2.45, 2.75) is 90.0 Å². The number of hydrogen-bond donors (Lipinski definition) is 1. The Bertz CT molecular complexity index is 484. The summed E-state index contributed by atoms with van der Waals surface area (Å²) in [6.07, 6.45) is 3.38. The summed E-state index contributed by atoms with van der Waals surface area (Å²) in [4.78, 5) is 1.76. The monoisotopic (exact) mass is 344 g/mol. The lowest BCUT2D eigenvalue weighted by Crippen LogP contribution is -2.49. The predicted molar refractivity (Wildman–Crippen MR) is 90.3 cm³/mol. The van der Waals surface area contributed by atoms with Gasteiger partial charge in [-0.05, 0) is 62.2 Å². The summed E-state index contributed by atoms with van der Waals surface area (Å²) in [6.45, 7) is 6.63. The predicted octanol–water partition coefficient (Wildman–Crippen LogP) is 4.85. The minimum Gasteiger partial charge on any atom is -0.361 e. The highest BCUT2D eigenvalue weighted by atomic mass is 19.4. The van der Waals surface area contributed by atoms with Crippen LogP contribution in [0.3, 0.4) is 0 Å². The van der Waals surface area contributed by atoms with E-state index in [1.54, 1.807) is 11.0 Å². The summed E-state index contributed by atoms with van der Waals surface area (Å²) in [6, 6.07) is 0.216. The molecule has 5 heteroatoms. The fourth-order valence-electron chi connectivity index (χ4n) is 5.06. The van der Waals surface area contributed by atoms with E-state index in [0.29, 0.717) is 5.92 Å². The van der Waals surface area contributed by atoms with Gasteiger partial charge in [0.1, 0.15) is 5.70 Å². The van der Waals surface area contributed by atoms with Crippen molar-refractivity contribution >= 4 is 0 Å². The molecule has 3 unspecified atom stereocenters. The van der Waals surface area contributed by atoms with Gasteiger partial charge in [0.15, 0.2) is 0 Å². The molecule has 3 rings (SSSR count). The number of alkyl halides is 3. The first kappa shape index (κ1) is 18.1. The third-order valence-corrected chi connectivity index (χ3v) is 6.52. The second-order valence-corrected chi connectivity index (χ2v) is 9.13. The molecule has 0 radical (unpaired) electrons. The first-order chi connectivity index (χ1) is 11.1. The van der Waals surface area contributed by atoms with Gasteiger partial charge in [-0.3, -0.25) is 0 Å². The van der Waals surface area contributed by atoms with Gasteiger partial charge in [-0.25, -0.2) is 0 Å². The largest absolute Gasteiger partial charge is 0.430 e. The van der Waals surface area contributed by atoms with E-state index in [-0.39, 0.29) is 35.2 Å². The second kappa shape index (κ2) is 6.22. The van der Waals surface area contributed by atoms with E-state index in [1.807, 2.05) is 0 Å². The number of hydrogen-bond acceptors (Lipinski definition) is 2. The molecular weight excluding hydrogens is 313 g/mol. The minimum absolute atomic E-state index is 0.0128. The molecule has 2 aliphatic carbocycles. The average Bonchev–Trinajstić information content (AvgIpc) is 2.86. The van der Waals surface area contributed by atoms with Gasteiger partial charge in [0, 0.05) is 18.1 Å². The van der Waals surface area contributed by atoms with Gasteiger partial charge < -0.3 is 10.6 Å². The van der Waals surface area contributed by atoms with E-state index in [9.17, 15) is 13.2 Å². The average molecular weight is 344 g/mol. The van der Waals surface area contributed by atoms with Crippen molar-refractivity contribution in [3.63, 3.8) is 0 Å². The zero-order chi connectivity index (χ0) is 17.7. The molecule has 2 saturated carbocycles. The fraction of sp³-hybridized carbons (Fsp3) is 0.895. The lowest BCUT2D eigenvalue weighted by atomic mass is 9.68. The molecule has 3 aliphatic rings. The van der Waals surface area contributed by atoms with Crippen molar-refractivity contribution in [3.8, 4) is 0 Å². The molecule has 0 aromatic heterocycles. The van der Waals surface area contributed by atoms with Gasteiger partial charge in [-0.15, -0.1) is 0 Å². The standard InChI is InChI=1S/C19H31F3N2/c1-18(2,3)13-4-9-16-12(10-13)11-17(19(20,21)22)24(16)15-7-5-14(23)6-8-15/h11-16H,4-10,23H2,1-3H3. The van der Waals surface area contributed by atoms with Crippen molar-refractivity contribution in [1.82, 2.24) is 4.90 Å². The van der Waals surface area contributed by atoms with Crippen LogP contribution in [-0.4, -0.2) is 29.2 Å². The number of halogens is 3. The van der Waals surface area contributed by atoms with Crippen molar-refractivity contribution in [1.29, 1.82) is 0 Å². The van der Waals surface area contributed by atoms with Crippen LogP contribution >= 0.6 is 0 Å². The van der Waals surface area contributed by atoms with Gasteiger partial charge in [-0.2, -0.15) is 13.2 Å². The highest BCUT2D eigenvalue weighted by Crippen LogP contribution is 2.50.